The van der Waals surface area contributed by atoms with Gasteiger partial charge in [-0.3, -0.25) is 0 Å². The van der Waals surface area contributed by atoms with Crippen LogP contribution in [0.2, 0.25) is 0 Å². The second-order valence-corrected chi connectivity index (χ2v) is 3.94. The third kappa shape index (κ3) is 4.75. The predicted octanol–water partition coefficient (Wildman–Crippen LogP) is 2.32. The normalized spacial score (nSPS) is 15.4. The van der Waals surface area contributed by atoms with E-state index in [4.69, 9.17) is 0 Å². The molecule has 2 atom stereocenters. The molecule has 0 heterocycles. The second kappa shape index (κ2) is 6.36. The first-order valence-electron chi connectivity index (χ1n) is 5.36. The highest BCUT2D eigenvalue weighted by atomic mass is 16.3. The Morgan fingerprint density at radius 2 is 2.00 bits per heavy atom. The number of nitrogens with zero attached hydrogens (tertiary/aromatic N) is 1. The van der Waals surface area contributed by atoms with Gasteiger partial charge in [0.2, 0.25) is 0 Å². The molecule has 1 aromatic carbocycles. The number of aliphatic imine (C=N–C) groups is 1. The van der Waals surface area contributed by atoms with Gasteiger partial charge < -0.3 is 10.1 Å². The van der Waals surface area contributed by atoms with Gasteiger partial charge in [-0.1, -0.05) is 30.3 Å². The lowest BCUT2D eigenvalue weighted by Gasteiger charge is -2.13. The average molecular weight is 205 g/mol. The summed E-state index contributed by atoms with van der Waals surface area (Å²) >= 11 is 0. The molecule has 15 heavy (non-hydrogen) atoms. The minimum Gasteiger partial charge on any atom is -0.393 e. The standard InChI is InChI=1S/C13H19NO/c1-11(15)8-13(10-14-2)9-12-6-4-3-5-7-12/h3-7,10-11,13,15H,8-9H2,1-2H3. The Labute approximate surface area is 91.7 Å². The molecule has 0 saturated heterocycles. The van der Waals surface area contributed by atoms with E-state index in [1.54, 1.807) is 7.05 Å². The van der Waals surface area contributed by atoms with Crippen molar-refractivity contribution >= 4 is 6.21 Å². The van der Waals surface area contributed by atoms with Crippen molar-refractivity contribution in [3.63, 3.8) is 0 Å². The van der Waals surface area contributed by atoms with Crippen LogP contribution < -0.4 is 0 Å². The number of hydrogen-bond donors (Lipinski definition) is 1. The van der Waals surface area contributed by atoms with Crippen LogP contribution in [0.15, 0.2) is 35.3 Å². The SMILES string of the molecule is CN=CC(Cc1ccccc1)CC(C)O. The van der Waals surface area contributed by atoms with E-state index in [0.29, 0.717) is 5.92 Å². The summed E-state index contributed by atoms with van der Waals surface area (Å²) in [5.74, 6) is 0.331. The van der Waals surface area contributed by atoms with Crippen LogP contribution in [-0.2, 0) is 6.42 Å². The summed E-state index contributed by atoms with van der Waals surface area (Å²) in [5, 5.41) is 9.37. The van der Waals surface area contributed by atoms with E-state index in [2.05, 4.69) is 17.1 Å². The van der Waals surface area contributed by atoms with Gasteiger partial charge >= 0.3 is 0 Å². The molecule has 2 unspecified atom stereocenters. The lowest BCUT2D eigenvalue weighted by atomic mass is 9.95. The van der Waals surface area contributed by atoms with Crippen LogP contribution in [0, 0.1) is 5.92 Å². The highest BCUT2D eigenvalue weighted by Gasteiger charge is 2.09. The Morgan fingerprint density at radius 3 is 2.53 bits per heavy atom. The molecule has 1 N–H and O–H groups in total. The van der Waals surface area contributed by atoms with E-state index in [0.717, 1.165) is 12.8 Å². The first-order valence-corrected chi connectivity index (χ1v) is 5.36. The Hall–Kier alpha value is -1.15. The van der Waals surface area contributed by atoms with Crippen molar-refractivity contribution in [1.29, 1.82) is 0 Å². The van der Waals surface area contributed by atoms with Crippen molar-refractivity contribution < 1.29 is 5.11 Å². The third-order valence-electron chi connectivity index (χ3n) is 2.34. The fraction of sp³-hybridized carbons (Fsp3) is 0.462. The summed E-state index contributed by atoms with van der Waals surface area (Å²) in [5.41, 5.74) is 1.29. The smallest absolute Gasteiger partial charge is 0.0518 e. The molecular formula is C13H19NO. The molecule has 1 rings (SSSR count). The van der Waals surface area contributed by atoms with Crippen LogP contribution in [-0.4, -0.2) is 24.5 Å². The molecule has 0 saturated carbocycles. The van der Waals surface area contributed by atoms with Gasteiger partial charge in [0.1, 0.15) is 0 Å². The maximum absolute atomic E-state index is 9.37. The van der Waals surface area contributed by atoms with Crippen LogP contribution in [0.5, 0.6) is 0 Å². The van der Waals surface area contributed by atoms with Crippen LogP contribution in [0.25, 0.3) is 0 Å². The van der Waals surface area contributed by atoms with Crippen LogP contribution in [0.3, 0.4) is 0 Å². The van der Waals surface area contributed by atoms with Gasteiger partial charge in [-0.15, -0.1) is 0 Å². The molecule has 82 valence electrons. The lowest BCUT2D eigenvalue weighted by molar-refractivity contribution is 0.173. The largest absolute Gasteiger partial charge is 0.393 e. The zero-order valence-corrected chi connectivity index (χ0v) is 9.43. The van der Waals surface area contributed by atoms with Gasteiger partial charge in [-0.2, -0.15) is 0 Å². The van der Waals surface area contributed by atoms with Gasteiger partial charge in [0.05, 0.1) is 6.10 Å². The molecule has 0 fully saturated rings. The molecule has 0 radical (unpaired) electrons. The average Bonchev–Trinajstić information content (AvgIpc) is 2.18. The van der Waals surface area contributed by atoms with Crippen molar-refractivity contribution in [2.45, 2.75) is 25.9 Å². The predicted molar refractivity (Wildman–Crippen MR) is 64.3 cm³/mol. The van der Waals surface area contributed by atoms with E-state index in [-0.39, 0.29) is 6.10 Å². The molecule has 0 aliphatic carbocycles. The first-order chi connectivity index (χ1) is 7.22. The quantitative estimate of drug-likeness (QED) is 0.735. The fourth-order valence-electron chi connectivity index (χ4n) is 1.76. The number of hydrogen-bond acceptors (Lipinski definition) is 2. The number of aliphatic hydroxyl groups is 1. The zero-order chi connectivity index (χ0) is 11.1. The molecule has 0 amide bonds. The number of benzene rings is 1. The van der Waals surface area contributed by atoms with Gasteiger partial charge in [-0.25, -0.2) is 0 Å². The summed E-state index contributed by atoms with van der Waals surface area (Å²) in [6.07, 6.45) is 3.38. The Kier molecular flexibility index (Phi) is 5.05. The minimum atomic E-state index is -0.267. The molecule has 0 aliphatic heterocycles. The Bertz CT molecular complexity index is 293. The highest BCUT2D eigenvalue weighted by Crippen LogP contribution is 2.12. The first kappa shape index (κ1) is 11.9. The number of aliphatic hydroxyl groups excluding tert-OH is 1. The molecule has 0 bridgehead atoms. The van der Waals surface area contributed by atoms with E-state index < -0.39 is 0 Å². The Morgan fingerprint density at radius 1 is 1.33 bits per heavy atom. The second-order valence-electron chi connectivity index (χ2n) is 3.94. The van der Waals surface area contributed by atoms with Crippen LogP contribution in [0.1, 0.15) is 18.9 Å². The van der Waals surface area contributed by atoms with Gasteiger partial charge in [-0.05, 0) is 25.3 Å². The summed E-state index contributed by atoms with van der Waals surface area (Å²) in [6, 6.07) is 10.3. The van der Waals surface area contributed by atoms with Crippen molar-refractivity contribution in [2.75, 3.05) is 7.05 Å². The molecule has 0 aliphatic rings. The van der Waals surface area contributed by atoms with Crippen molar-refractivity contribution in [3.8, 4) is 0 Å². The molecule has 1 aromatic rings. The van der Waals surface area contributed by atoms with Gasteiger partial charge in [0, 0.05) is 19.2 Å². The molecule has 2 heteroatoms. The summed E-state index contributed by atoms with van der Waals surface area (Å²) in [4.78, 5) is 4.05. The van der Waals surface area contributed by atoms with Crippen molar-refractivity contribution in [3.05, 3.63) is 35.9 Å². The summed E-state index contributed by atoms with van der Waals surface area (Å²) < 4.78 is 0. The van der Waals surface area contributed by atoms with Crippen LogP contribution in [0.4, 0.5) is 0 Å². The molecular weight excluding hydrogens is 186 g/mol. The van der Waals surface area contributed by atoms with E-state index in [9.17, 15) is 5.11 Å². The summed E-state index contributed by atoms with van der Waals surface area (Å²) in [7, 11) is 1.78. The van der Waals surface area contributed by atoms with E-state index >= 15 is 0 Å². The topological polar surface area (TPSA) is 32.6 Å². The third-order valence-corrected chi connectivity index (χ3v) is 2.34. The van der Waals surface area contributed by atoms with E-state index in [1.807, 2.05) is 31.3 Å². The zero-order valence-electron chi connectivity index (χ0n) is 9.43. The Balaban J connectivity index is 2.58. The van der Waals surface area contributed by atoms with Gasteiger partial charge in [0.25, 0.3) is 0 Å². The molecule has 0 spiro atoms. The van der Waals surface area contributed by atoms with Crippen molar-refractivity contribution in [2.24, 2.45) is 10.9 Å². The van der Waals surface area contributed by atoms with E-state index in [1.165, 1.54) is 5.56 Å². The maximum Gasteiger partial charge on any atom is 0.0518 e. The fourth-order valence-corrected chi connectivity index (χ4v) is 1.76. The van der Waals surface area contributed by atoms with Crippen LogP contribution >= 0.6 is 0 Å². The highest BCUT2D eigenvalue weighted by molar-refractivity contribution is 5.61. The van der Waals surface area contributed by atoms with Crippen molar-refractivity contribution in [1.82, 2.24) is 0 Å². The maximum atomic E-state index is 9.37. The summed E-state index contributed by atoms with van der Waals surface area (Å²) in [6.45, 7) is 1.82. The lowest BCUT2D eigenvalue weighted by Crippen LogP contribution is -2.14. The van der Waals surface area contributed by atoms with Gasteiger partial charge in [0.15, 0.2) is 0 Å². The monoisotopic (exact) mass is 205 g/mol. The number of rotatable bonds is 5. The molecule has 0 aromatic heterocycles. The molecule has 2 nitrogen and oxygen atoms in total. The minimum absolute atomic E-state index is 0.267.